The van der Waals surface area contributed by atoms with Gasteiger partial charge in [-0.1, -0.05) is 180 Å². The smallest absolute Gasteiger partial charge is 0.379 e. The summed E-state index contributed by atoms with van der Waals surface area (Å²) in [5.74, 6) is -4.84. The van der Waals surface area contributed by atoms with Crippen LogP contribution in [0.2, 0.25) is 0 Å². The molecule has 2 saturated carbocycles. The highest BCUT2D eigenvalue weighted by Gasteiger charge is 2.50. The first kappa shape index (κ1) is 92.3. The lowest BCUT2D eigenvalue weighted by Gasteiger charge is -2.32. The Hall–Kier alpha value is -7.59. The van der Waals surface area contributed by atoms with E-state index < -0.39 is 88.0 Å². The monoisotopic (exact) mass is 1540 g/mol. The van der Waals surface area contributed by atoms with E-state index in [4.69, 9.17) is 4.74 Å². The number of benzene rings is 4. The molecule has 0 spiro atoms. The zero-order valence-electron chi connectivity index (χ0n) is 67.4. The zero-order chi connectivity index (χ0) is 80.3. The topological polar surface area (TPSA) is 238 Å². The lowest BCUT2D eigenvalue weighted by Crippen LogP contribution is -2.49. The number of rotatable bonds is 45. The van der Waals surface area contributed by atoms with E-state index in [-0.39, 0.29) is 117 Å². The van der Waals surface area contributed by atoms with Crippen LogP contribution in [0.15, 0.2) is 115 Å². The van der Waals surface area contributed by atoms with Gasteiger partial charge in [-0.25, -0.2) is 0 Å². The van der Waals surface area contributed by atoms with Gasteiger partial charge in [0.05, 0.1) is 49.5 Å². The number of likely N-dealkylation sites (N-methyl/N-ethyl adjacent to an activating group) is 1. The third-order valence-electron chi connectivity index (χ3n) is 22.2. The number of alkyl halides is 3. The Morgan fingerprint density at radius 1 is 0.432 bits per heavy atom. The van der Waals surface area contributed by atoms with Crippen LogP contribution < -0.4 is 21.3 Å². The first-order chi connectivity index (χ1) is 52.1. The van der Waals surface area contributed by atoms with Crippen LogP contribution in [0.25, 0.3) is 0 Å². The maximum Gasteiger partial charge on any atom is 0.416 e. The summed E-state index contributed by atoms with van der Waals surface area (Å²) < 4.78 is 45.5. The normalized spacial score (nSPS) is 17.8. The average molecular weight is 1540 g/mol. The van der Waals surface area contributed by atoms with Gasteiger partial charge in [-0.05, 0) is 155 Å². The van der Waals surface area contributed by atoms with Gasteiger partial charge >= 0.3 is 6.18 Å². The summed E-state index contributed by atoms with van der Waals surface area (Å²) in [6.45, 7) is 26.7. The highest BCUT2D eigenvalue weighted by molar-refractivity contribution is 5.99. The molecular formula is C90H130F3N7O11. The second-order valence-electron chi connectivity index (χ2n) is 34.1. The predicted octanol–water partition coefficient (Wildman–Crippen LogP) is 13.5. The van der Waals surface area contributed by atoms with E-state index >= 15 is 0 Å². The fourth-order valence-corrected chi connectivity index (χ4v) is 14.8. The quantitative estimate of drug-likeness (QED) is 0.0322. The molecular weight excluding hydrogens is 1410 g/mol. The Morgan fingerprint density at radius 2 is 0.784 bits per heavy atom. The number of ketones is 6. The number of nitrogens with zero attached hydrogens (tertiary/aromatic N) is 3. The number of nitrogens with one attached hydrogen (secondary N) is 4. The Balaban J connectivity index is 0.000000343. The molecule has 18 nitrogen and oxygen atoms in total. The van der Waals surface area contributed by atoms with E-state index in [1.807, 2.05) is 165 Å². The highest BCUT2D eigenvalue weighted by atomic mass is 19.4. The first-order valence-corrected chi connectivity index (χ1v) is 40.5. The van der Waals surface area contributed by atoms with Gasteiger partial charge in [0.2, 0.25) is 23.6 Å². The molecule has 4 N–H and O–H groups in total. The van der Waals surface area contributed by atoms with Crippen molar-refractivity contribution < 1.29 is 65.9 Å². The number of piperazine rings is 1. The molecule has 8 atom stereocenters. The number of ether oxygens (including phenoxy) is 1. The van der Waals surface area contributed by atoms with Gasteiger partial charge < -0.3 is 35.8 Å². The van der Waals surface area contributed by atoms with E-state index in [0.29, 0.717) is 96.2 Å². The molecule has 4 aromatic rings. The summed E-state index contributed by atoms with van der Waals surface area (Å²) in [5, 5.41) is 12.0. The van der Waals surface area contributed by atoms with E-state index in [9.17, 15) is 61.1 Å². The van der Waals surface area contributed by atoms with Crippen LogP contribution in [0.3, 0.4) is 0 Å². The van der Waals surface area contributed by atoms with Crippen molar-refractivity contribution in [1.82, 2.24) is 36.0 Å². The van der Waals surface area contributed by atoms with Crippen molar-refractivity contribution in [3.8, 4) is 0 Å². The van der Waals surface area contributed by atoms with Crippen molar-refractivity contribution in [2.45, 2.75) is 229 Å². The first-order valence-electron chi connectivity index (χ1n) is 40.5. The van der Waals surface area contributed by atoms with Gasteiger partial charge in [-0.3, -0.25) is 52.8 Å². The SMILES string of the molecule is C.CC(C)C[C@H](NC(=O)[C@H](CCc1ccccc1)CC(=O)CCN1CCN(C)CC1)C(=O)C[C@@H](Cc1ccccc1)C(=O)N[C@@H](CC(C)C)C(=O)C1(C)CC1.CC(C)C[C@H](NC(=O)[C@H](CCc1ccccc1)CC(=O)CN1CCOCC1)C(=O)C[C@@H](Cc1ccc(C(F)(F)F)cc1)C(=O)N[C@@H](CC(C)C)C(=O)C1(C)CC1. The number of hydrogen-bond donors (Lipinski definition) is 4. The molecule has 4 amide bonds. The van der Waals surface area contributed by atoms with Gasteiger partial charge in [-0.2, -0.15) is 13.2 Å². The lowest BCUT2D eigenvalue weighted by atomic mass is 9.86. The summed E-state index contributed by atoms with van der Waals surface area (Å²) in [7, 11) is 2.11. The van der Waals surface area contributed by atoms with E-state index in [1.165, 1.54) is 12.1 Å². The lowest BCUT2D eigenvalue weighted by molar-refractivity contribution is -0.137. The number of halogens is 3. The van der Waals surface area contributed by atoms with Crippen molar-refractivity contribution >= 4 is 58.3 Å². The van der Waals surface area contributed by atoms with Crippen LogP contribution in [-0.2, 0) is 84.5 Å². The van der Waals surface area contributed by atoms with Crippen LogP contribution >= 0.6 is 0 Å². The highest BCUT2D eigenvalue weighted by Crippen LogP contribution is 2.48. The molecule has 2 aliphatic heterocycles. The van der Waals surface area contributed by atoms with Crippen molar-refractivity contribution in [2.24, 2.45) is 58.2 Å². The number of carbonyl (C=O) groups excluding carboxylic acids is 10. The largest absolute Gasteiger partial charge is 0.416 e. The Labute approximate surface area is 659 Å². The maximum atomic E-state index is 14.3. The average Bonchev–Trinajstić information content (AvgIpc) is 1.65. The molecule has 4 fully saturated rings. The van der Waals surface area contributed by atoms with Crippen LogP contribution in [0.1, 0.15) is 201 Å². The van der Waals surface area contributed by atoms with Crippen LogP contribution in [-0.4, -0.2) is 170 Å². The minimum Gasteiger partial charge on any atom is -0.379 e. The van der Waals surface area contributed by atoms with E-state index in [1.54, 1.807) is 0 Å². The third kappa shape index (κ3) is 32.1. The number of hydrogen-bond acceptors (Lipinski definition) is 14. The zero-order valence-corrected chi connectivity index (χ0v) is 67.4. The molecule has 8 rings (SSSR count). The minimum absolute atomic E-state index is 0. The van der Waals surface area contributed by atoms with Crippen LogP contribution in [0.5, 0.6) is 0 Å². The van der Waals surface area contributed by atoms with Gasteiger partial charge in [0, 0.05) is 112 Å². The summed E-state index contributed by atoms with van der Waals surface area (Å²) >= 11 is 0. The van der Waals surface area contributed by atoms with Gasteiger partial charge in [0.1, 0.15) is 11.6 Å². The maximum absolute atomic E-state index is 14.3. The molecule has 4 aliphatic rings. The molecule has 4 aromatic carbocycles. The summed E-state index contributed by atoms with van der Waals surface area (Å²) in [6.07, 6.45) is 2.69. The third-order valence-corrected chi connectivity index (χ3v) is 22.2. The number of amides is 4. The second kappa shape index (κ2) is 44.8. The molecule has 111 heavy (non-hydrogen) atoms. The fraction of sp³-hybridized carbons (Fsp3) is 0.622. The number of morpholine rings is 1. The van der Waals surface area contributed by atoms with Crippen LogP contribution in [0, 0.1) is 58.2 Å². The Morgan fingerprint density at radius 3 is 1.16 bits per heavy atom. The van der Waals surface area contributed by atoms with E-state index in [2.05, 4.69) is 38.1 Å². The Kier molecular flexibility index (Phi) is 37.2. The van der Waals surface area contributed by atoms with Gasteiger partial charge in [0.25, 0.3) is 0 Å². The number of carbonyl (C=O) groups is 10. The molecule has 0 unspecified atom stereocenters. The standard InChI is InChI=1S/C45H66N4O5.C44H60F3N3O6.CH4/c1-32(2)27-39(46-43(53)36(18-17-34-13-9-7-10-14-34)30-38(50)19-22-49-25-23-48(6)24-26-49)41(51)31-37(29-35-15-11-8-12-16-35)44(54)47-40(28-33(3)4)42(52)45(5)20-21-45;1-29(2)23-37(48-41(54)33(14-11-31-9-7-6-8-10-31)26-36(51)28-50-19-21-56-22-20-50)39(52)27-34(25-32-12-15-35(16-13-32)44(45,46)47)42(55)49-38(24-30(3)4)40(53)43(5)17-18-43;/h7-16,32-33,36-37,39-40H,17-31H2,1-6H3,(H,46,53)(H,47,54);6-10,12-13,15-16,29-30,33-34,37-38H,11,14,17-28H2,1-5H3,(H,48,54)(H,49,55);1H4/t36-,37-,39+,40+;33-,34-,37+,38+;/m11./s1. The molecule has 0 radical (unpaired) electrons. The number of Topliss-reactive ketones (excluding diaryl/α,β-unsaturated/α-hetero) is 6. The van der Waals surface area contributed by atoms with Crippen molar-refractivity contribution in [2.75, 3.05) is 72.6 Å². The molecule has 612 valence electrons. The van der Waals surface area contributed by atoms with Gasteiger partial charge in [0.15, 0.2) is 23.1 Å². The minimum atomic E-state index is -4.54. The Bertz CT molecular complexity index is 3610. The summed E-state index contributed by atoms with van der Waals surface area (Å²) in [4.78, 5) is 145. The summed E-state index contributed by atoms with van der Waals surface area (Å²) in [5.41, 5.74) is 1.72. The molecule has 2 heterocycles. The molecule has 21 heteroatoms. The molecule has 0 bridgehead atoms. The van der Waals surface area contributed by atoms with Crippen molar-refractivity contribution in [3.05, 3.63) is 143 Å². The fourth-order valence-electron chi connectivity index (χ4n) is 14.8. The molecule has 2 saturated heterocycles. The van der Waals surface area contributed by atoms with Crippen LogP contribution in [0.4, 0.5) is 13.2 Å². The van der Waals surface area contributed by atoms with E-state index in [0.717, 1.165) is 80.7 Å². The molecule has 2 aliphatic carbocycles. The predicted molar refractivity (Wildman–Crippen MR) is 430 cm³/mol. The molecule has 0 aromatic heterocycles. The number of aryl methyl sites for hydroxylation is 2. The summed E-state index contributed by atoms with van der Waals surface area (Å²) in [6, 6.07) is 30.6. The van der Waals surface area contributed by atoms with Gasteiger partial charge in [-0.15, -0.1) is 0 Å². The second-order valence-corrected chi connectivity index (χ2v) is 34.1. The van der Waals surface area contributed by atoms with Crippen molar-refractivity contribution in [1.29, 1.82) is 0 Å². The van der Waals surface area contributed by atoms with Crippen molar-refractivity contribution in [3.63, 3.8) is 0 Å².